The molecule has 0 bridgehead atoms. The number of methoxy groups -OCH3 is 1. The maximum Gasteiger partial charge on any atom is 0.258 e. The quantitative estimate of drug-likeness (QED) is 0.291. The Morgan fingerprint density at radius 3 is 2.56 bits per heavy atom. The molecular formula is C28H25ClFN3O5S. The summed E-state index contributed by atoms with van der Waals surface area (Å²) in [5, 5.41) is 0.463. The lowest BCUT2D eigenvalue weighted by Crippen LogP contribution is -2.26. The van der Waals surface area contributed by atoms with E-state index < -0.39 is 21.7 Å². The van der Waals surface area contributed by atoms with Crippen LogP contribution in [-0.2, 0) is 29.7 Å². The molecule has 8 nitrogen and oxygen atoms in total. The highest BCUT2D eigenvalue weighted by Crippen LogP contribution is 2.45. The molecule has 0 saturated heterocycles. The second-order valence-electron chi connectivity index (χ2n) is 9.17. The van der Waals surface area contributed by atoms with E-state index in [9.17, 15) is 17.6 Å². The summed E-state index contributed by atoms with van der Waals surface area (Å²) in [6.45, 7) is 0.0994. The first kappa shape index (κ1) is 26.7. The summed E-state index contributed by atoms with van der Waals surface area (Å²) < 4.78 is 52.7. The van der Waals surface area contributed by atoms with Gasteiger partial charge in [0.2, 0.25) is 10.0 Å². The third kappa shape index (κ3) is 4.97. The molecule has 1 aliphatic heterocycles. The number of sulfonamides is 1. The van der Waals surface area contributed by atoms with Gasteiger partial charge in [0.05, 0.1) is 29.6 Å². The second-order valence-corrected chi connectivity index (χ2v) is 11.6. The molecule has 0 atom stereocenters. The molecule has 0 unspecified atom stereocenters. The number of carbonyl (C=O) groups is 1. The van der Waals surface area contributed by atoms with Crippen molar-refractivity contribution in [2.75, 3.05) is 24.7 Å². The Hall–Kier alpha value is -3.89. The summed E-state index contributed by atoms with van der Waals surface area (Å²) >= 11 is 5.97. The first-order chi connectivity index (χ1) is 18.6. The van der Waals surface area contributed by atoms with Crippen molar-refractivity contribution in [3.63, 3.8) is 0 Å². The molecule has 5 rings (SSSR count). The largest absolute Gasteiger partial charge is 0.497 e. The Morgan fingerprint density at radius 1 is 1.13 bits per heavy atom. The van der Waals surface area contributed by atoms with Crippen molar-refractivity contribution < 1.29 is 27.1 Å². The Labute approximate surface area is 230 Å². The molecule has 4 aromatic rings. The highest BCUT2D eigenvalue weighted by Gasteiger charge is 2.38. The number of nitrogens with zero attached hydrogens (tertiary/aromatic N) is 3. The van der Waals surface area contributed by atoms with Gasteiger partial charge in [-0.15, -0.1) is 0 Å². The minimum atomic E-state index is -3.70. The summed E-state index contributed by atoms with van der Waals surface area (Å²) in [4.78, 5) is 19.8. The molecule has 2 heterocycles. The van der Waals surface area contributed by atoms with Crippen LogP contribution in [0.1, 0.15) is 27.0 Å². The molecule has 1 aromatic heterocycles. The molecule has 0 saturated carbocycles. The molecule has 39 heavy (non-hydrogen) atoms. The maximum atomic E-state index is 14.7. The number of ether oxygens (including phenoxy) is 2. The van der Waals surface area contributed by atoms with E-state index in [0.717, 1.165) is 16.1 Å². The summed E-state index contributed by atoms with van der Waals surface area (Å²) in [6.07, 6.45) is 2.64. The van der Waals surface area contributed by atoms with Crippen LogP contribution in [0, 0.1) is 5.82 Å². The predicted octanol–water partition coefficient (Wildman–Crippen LogP) is 5.17. The van der Waals surface area contributed by atoms with Crippen LogP contribution < -0.4 is 13.8 Å². The number of amides is 1. The topological polar surface area (TPSA) is 89.0 Å². The number of hydrogen-bond acceptors (Lipinski definition) is 6. The number of pyridine rings is 1. The third-order valence-electron chi connectivity index (χ3n) is 6.69. The summed E-state index contributed by atoms with van der Waals surface area (Å²) in [5.74, 6) is -0.107. The number of anilines is 1. The smallest absolute Gasteiger partial charge is 0.258 e. The van der Waals surface area contributed by atoms with E-state index in [1.165, 1.54) is 18.0 Å². The molecule has 0 N–H and O–H groups in total. The zero-order valence-corrected chi connectivity index (χ0v) is 23.0. The Balaban J connectivity index is 1.65. The number of halogens is 2. The van der Waals surface area contributed by atoms with Gasteiger partial charge in [0.1, 0.15) is 23.7 Å². The van der Waals surface area contributed by atoms with Crippen molar-refractivity contribution >= 4 is 44.1 Å². The molecule has 1 aliphatic rings. The number of benzene rings is 3. The monoisotopic (exact) mass is 569 g/mol. The predicted molar refractivity (Wildman–Crippen MR) is 147 cm³/mol. The Bertz CT molecular complexity index is 1700. The van der Waals surface area contributed by atoms with Crippen molar-refractivity contribution in [1.29, 1.82) is 0 Å². The van der Waals surface area contributed by atoms with Crippen LogP contribution in [0.15, 0.2) is 60.8 Å². The summed E-state index contributed by atoms with van der Waals surface area (Å²) in [6, 6.07) is 15.3. The fourth-order valence-corrected chi connectivity index (χ4v) is 5.40. The second kappa shape index (κ2) is 10.3. The Morgan fingerprint density at radius 2 is 1.87 bits per heavy atom. The van der Waals surface area contributed by atoms with Crippen LogP contribution in [0.2, 0.25) is 5.02 Å². The lowest BCUT2D eigenvalue weighted by Gasteiger charge is -2.23. The van der Waals surface area contributed by atoms with Gasteiger partial charge in [-0.3, -0.25) is 14.1 Å². The minimum absolute atomic E-state index is 0.0407. The molecule has 0 fully saturated rings. The van der Waals surface area contributed by atoms with E-state index in [1.54, 1.807) is 49.7 Å². The van der Waals surface area contributed by atoms with Crippen molar-refractivity contribution in [3.8, 4) is 11.5 Å². The fourth-order valence-electron chi connectivity index (χ4n) is 4.66. The Kier molecular flexibility index (Phi) is 7.09. The number of carbonyl (C=O) groups excluding carboxylic acids is 1. The van der Waals surface area contributed by atoms with Crippen LogP contribution >= 0.6 is 11.6 Å². The van der Waals surface area contributed by atoms with Crippen LogP contribution in [-0.4, -0.2) is 44.6 Å². The van der Waals surface area contributed by atoms with Gasteiger partial charge in [-0.05, 0) is 35.9 Å². The van der Waals surface area contributed by atoms with Gasteiger partial charge in [0.15, 0.2) is 5.75 Å². The van der Waals surface area contributed by atoms with E-state index >= 15 is 0 Å². The van der Waals surface area contributed by atoms with Crippen molar-refractivity contribution in [2.45, 2.75) is 19.7 Å². The van der Waals surface area contributed by atoms with Gasteiger partial charge in [-0.25, -0.2) is 12.8 Å². The normalized spacial score (nSPS) is 13.1. The van der Waals surface area contributed by atoms with E-state index in [1.807, 2.05) is 12.1 Å². The summed E-state index contributed by atoms with van der Waals surface area (Å²) in [7, 11) is -0.697. The lowest BCUT2D eigenvalue weighted by molar-refractivity contribution is 0.0762. The zero-order valence-electron chi connectivity index (χ0n) is 21.4. The third-order valence-corrected chi connectivity index (χ3v) is 8.16. The zero-order chi connectivity index (χ0) is 27.9. The molecule has 0 radical (unpaired) electrons. The molecule has 0 aliphatic carbocycles. The first-order valence-corrected chi connectivity index (χ1v) is 14.2. The molecule has 1 amide bonds. The van der Waals surface area contributed by atoms with E-state index in [-0.39, 0.29) is 41.6 Å². The van der Waals surface area contributed by atoms with Crippen LogP contribution in [0.25, 0.3) is 10.9 Å². The molecular weight excluding hydrogens is 545 g/mol. The molecule has 3 aromatic carbocycles. The van der Waals surface area contributed by atoms with Crippen molar-refractivity contribution in [1.82, 2.24) is 9.88 Å². The van der Waals surface area contributed by atoms with Crippen LogP contribution in [0.4, 0.5) is 10.1 Å². The van der Waals surface area contributed by atoms with Crippen LogP contribution in [0.5, 0.6) is 11.5 Å². The van der Waals surface area contributed by atoms with Gasteiger partial charge in [-0.1, -0.05) is 35.9 Å². The fraction of sp³-hybridized carbons (Fsp3) is 0.214. The highest BCUT2D eigenvalue weighted by atomic mass is 35.5. The number of hydrogen-bond donors (Lipinski definition) is 0. The van der Waals surface area contributed by atoms with E-state index in [4.69, 9.17) is 21.1 Å². The minimum Gasteiger partial charge on any atom is -0.497 e. The van der Waals surface area contributed by atoms with Crippen molar-refractivity contribution in [3.05, 3.63) is 93.9 Å². The van der Waals surface area contributed by atoms with Crippen molar-refractivity contribution in [2.24, 2.45) is 0 Å². The SMILES string of the molecule is COc1ccc(COc2c3c(c(N(C)S(C)(=O)=O)c4cccnc24)CN(Cc2cccc(Cl)c2F)C3=O)cc1. The number of aromatic nitrogens is 1. The van der Waals surface area contributed by atoms with E-state index in [2.05, 4.69) is 4.98 Å². The molecule has 11 heteroatoms. The first-order valence-electron chi connectivity index (χ1n) is 12.0. The van der Waals surface area contributed by atoms with Gasteiger partial charge in [0.25, 0.3) is 5.91 Å². The van der Waals surface area contributed by atoms with Gasteiger partial charge in [0, 0.05) is 42.8 Å². The van der Waals surface area contributed by atoms with Crippen LogP contribution in [0.3, 0.4) is 0 Å². The van der Waals surface area contributed by atoms with Gasteiger partial charge in [-0.2, -0.15) is 0 Å². The van der Waals surface area contributed by atoms with E-state index in [0.29, 0.717) is 27.9 Å². The average molecular weight is 570 g/mol. The van der Waals surface area contributed by atoms with Gasteiger partial charge >= 0.3 is 0 Å². The molecule has 202 valence electrons. The average Bonchev–Trinajstić information content (AvgIpc) is 3.24. The summed E-state index contributed by atoms with van der Waals surface area (Å²) in [5.41, 5.74) is 2.40. The number of fused-ring (bicyclic) bond motifs is 2. The standard InChI is InChI=1S/C28H25ClFN3O5S/c1-32(39(3,35)36)26-20-7-5-13-31-25(20)27(38-16-17-9-11-19(37-2)12-10-17)23-21(26)15-33(28(23)34)14-18-6-4-8-22(29)24(18)30/h4-13H,14-16H2,1-3H3. The maximum absolute atomic E-state index is 14.7. The van der Waals surface area contributed by atoms with Gasteiger partial charge < -0.3 is 14.4 Å². The lowest BCUT2D eigenvalue weighted by atomic mass is 10.0. The number of rotatable bonds is 8. The molecule has 0 spiro atoms. The highest BCUT2D eigenvalue weighted by molar-refractivity contribution is 7.92.